The van der Waals surface area contributed by atoms with E-state index >= 15 is 0 Å². The van der Waals surface area contributed by atoms with Gasteiger partial charge < -0.3 is 14.7 Å². The van der Waals surface area contributed by atoms with Gasteiger partial charge in [0, 0.05) is 24.2 Å². The molecule has 0 atom stereocenters. The molecule has 0 spiro atoms. The zero-order valence-corrected chi connectivity index (χ0v) is 13.8. The molecule has 5 nitrogen and oxygen atoms in total. The summed E-state index contributed by atoms with van der Waals surface area (Å²) in [7, 11) is 0. The third-order valence-electron chi connectivity index (χ3n) is 4.12. The summed E-state index contributed by atoms with van der Waals surface area (Å²) in [6, 6.07) is 8.84. The maximum Gasteiger partial charge on any atom is 0.433 e. The SMILES string of the molecule is O=C1COCCN1Cc1ccc(-c2nc(C(F)(F)F)ccc2CO)cc1. The molecular weight excluding hydrogens is 349 g/mol. The highest BCUT2D eigenvalue weighted by Gasteiger charge is 2.33. The van der Waals surface area contributed by atoms with Gasteiger partial charge in [-0.1, -0.05) is 30.3 Å². The van der Waals surface area contributed by atoms with E-state index in [9.17, 15) is 23.1 Å². The zero-order chi connectivity index (χ0) is 18.7. The largest absolute Gasteiger partial charge is 0.433 e. The van der Waals surface area contributed by atoms with Crippen LogP contribution in [0, 0.1) is 0 Å². The second-order valence-corrected chi connectivity index (χ2v) is 5.92. The maximum absolute atomic E-state index is 12.9. The van der Waals surface area contributed by atoms with Crippen molar-refractivity contribution in [3.05, 3.63) is 53.2 Å². The highest BCUT2D eigenvalue weighted by molar-refractivity contribution is 5.78. The van der Waals surface area contributed by atoms with Gasteiger partial charge in [-0.2, -0.15) is 13.2 Å². The summed E-state index contributed by atoms with van der Waals surface area (Å²) in [5, 5.41) is 9.40. The fourth-order valence-corrected chi connectivity index (χ4v) is 2.73. The third kappa shape index (κ3) is 4.03. The molecule has 1 aliphatic heterocycles. The van der Waals surface area contributed by atoms with Crippen LogP contribution >= 0.6 is 0 Å². The Morgan fingerprint density at radius 1 is 1.15 bits per heavy atom. The Labute approximate surface area is 148 Å². The molecule has 1 aliphatic rings. The Balaban J connectivity index is 1.85. The van der Waals surface area contributed by atoms with E-state index in [2.05, 4.69) is 4.98 Å². The summed E-state index contributed by atoms with van der Waals surface area (Å²) in [4.78, 5) is 17.1. The van der Waals surface area contributed by atoms with Crippen LogP contribution in [0.5, 0.6) is 0 Å². The van der Waals surface area contributed by atoms with Gasteiger partial charge in [0.1, 0.15) is 12.3 Å². The maximum atomic E-state index is 12.9. The number of alkyl halides is 3. The molecular formula is C18H17F3N2O3. The number of rotatable bonds is 4. The van der Waals surface area contributed by atoms with Crippen LogP contribution in [0.15, 0.2) is 36.4 Å². The molecule has 2 aromatic rings. The summed E-state index contributed by atoms with van der Waals surface area (Å²) in [5.41, 5.74) is 0.719. The van der Waals surface area contributed by atoms with E-state index in [4.69, 9.17) is 4.74 Å². The topological polar surface area (TPSA) is 62.7 Å². The molecule has 138 valence electrons. The van der Waals surface area contributed by atoms with Gasteiger partial charge in [0.15, 0.2) is 0 Å². The highest BCUT2D eigenvalue weighted by Crippen LogP contribution is 2.31. The van der Waals surface area contributed by atoms with Crippen molar-refractivity contribution in [2.75, 3.05) is 19.8 Å². The number of hydrogen-bond donors (Lipinski definition) is 1. The van der Waals surface area contributed by atoms with Crippen molar-refractivity contribution in [2.45, 2.75) is 19.3 Å². The molecule has 0 aliphatic carbocycles. The third-order valence-corrected chi connectivity index (χ3v) is 4.12. The number of carbonyl (C=O) groups is 1. The first-order valence-corrected chi connectivity index (χ1v) is 8.01. The molecule has 1 fully saturated rings. The summed E-state index contributed by atoms with van der Waals surface area (Å²) in [6.45, 7) is 1.05. The number of morpholine rings is 1. The molecule has 0 unspecified atom stereocenters. The van der Waals surface area contributed by atoms with Gasteiger partial charge in [0.05, 0.1) is 18.9 Å². The van der Waals surface area contributed by atoms with Crippen LogP contribution in [-0.2, 0) is 28.9 Å². The predicted octanol–water partition coefficient (Wildman–Crippen LogP) is 2.62. The summed E-state index contributed by atoms with van der Waals surface area (Å²) < 4.78 is 43.8. The lowest BCUT2D eigenvalue weighted by Crippen LogP contribution is -2.40. The van der Waals surface area contributed by atoms with Crippen molar-refractivity contribution in [2.24, 2.45) is 0 Å². The fourth-order valence-electron chi connectivity index (χ4n) is 2.73. The van der Waals surface area contributed by atoms with E-state index in [1.165, 1.54) is 6.07 Å². The van der Waals surface area contributed by atoms with Crippen LogP contribution in [0.2, 0.25) is 0 Å². The van der Waals surface area contributed by atoms with Gasteiger partial charge >= 0.3 is 6.18 Å². The minimum absolute atomic E-state index is 0.0616. The molecule has 0 saturated carbocycles. The first kappa shape index (κ1) is 18.3. The van der Waals surface area contributed by atoms with Gasteiger partial charge in [0.2, 0.25) is 5.91 Å². The normalized spacial score (nSPS) is 15.4. The first-order chi connectivity index (χ1) is 12.4. The number of aliphatic hydroxyl groups is 1. The number of aromatic nitrogens is 1. The van der Waals surface area contributed by atoms with Gasteiger partial charge in [-0.3, -0.25) is 4.79 Å². The van der Waals surface area contributed by atoms with Crippen molar-refractivity contribution < 1.29 is 27.8 Å². The van der Waals surface area contributed by atoms with Crippen LogP contribution in [0.25, 0.3) is 11.3 Å². The smallest absolute Gasteiger partial charge is 0.392 e. The number of benzene rings is 1. The van der Waals surface area contributed by atoms with Crippen LogP contribution in [0.4, 0.5) is 13.2 Å². The molecule has 0 bridgehead atoms. The fraction of sp³-hybridized carbons (Fsp3) is 0.333. The second kappa shape index (κ2) is 7.43. The monoisotopic (exact) mass is 366 g/mol. The number of halogens is 3. The molecule has 1 aromatic heterocycles. The van der Waals surface area contributed by atoms with E-state index in [-0.39, 0.29) is 18.2 Å². The second-order valence-electron chi connectivity index (χ2n) is 5.92. The quantitative estimate of drug-likeness (QED) is 0.904. The Morgan fingerprint density at radius 3 is 2.50 bits per heavy atom. The summed E-state index contributed by atoms with van der Waals surface area (Å²) >= 11 is 0. The number of hydrogen-bond acceptors (Lipinski definition) is 4. The summed E-state index contributed by atoms with van der Waals surface area (Å²) in [5.74, 6) is -0.0950. The number of nitrogens with zero attached hydrogens (tertiary/aromatic N) is 2. The average Bonchev–Trinajstić information content (AvgIpc) is 2.63. The van der Waals surface area contributed by atoms with E-state index in [1.807, 2.05) is 0 Å². The molecule has 1 amide bonds. The standard InChI is InChI=1S/C18H17F3N2O3/c19-18(20,21)15-6-5-14(10-24)17(22-15)13-3-1-12(2-4-13)9-23-7-8-26-11-16(23)25/h1-6,24H,7-11H2. The number of ether oxygens (including phenoxy) is 1. The van der Waals surface area contributed by atoms with Crippen molar-refractivity contribution in [3.8, 4) is 11.3 Å². The van der Waals surface area contributed by atoms with Gasteiger partial charge in [-0.15, -0.1) is 0 Å². The van der Waals surface area contributed by atoms with Crippen LogP contribution in [-0.4, -0.2) is 40.7 Å². The van der Waals surface area contributed by atoms with Crippen molar-refractivity contribution in [3.63, 3.8) is 0 Å². The van der Waals surface area contributed by atoms with Crippen LogP contribution < -0.4 is 0 Å². The van der Waals surface area contributed by atoms with Crippen molar-refractivity contribution in [1.29, 1.82) is 0 Å². The Morgan fingerprint density at radius 2 is 1.88 bits per heavy atom. The van der Waals surface area contributed by atoms with Crippen LogP contribution in [0.3, 0.4) is 0 Å². The molecule has 8 heteroatoms. The van der Waals surface area contributed by atoms with Crippen LogP contribution in [0.1, 0.15) is 16.8 Å². The van der Waals surface area contributed by atoms with Crippen molar-refractivity contribution in [1.82, 2.24) is 9.88 Å². The van der Waals surface area contributed by atoms with E-state index < -0.39 is 18.5 Å². The minimum atomic E-state index is -4.56. The average molecular weight is 366 g/mol. The van der Waals surface area contributed by atoms with E-state index in [0.717, 1.165) is 11.6 Å². The first-order valence-electron chi connectivity index (χ1n) is 8.01. The van der Waals surface area contributed by atoms with E-state index in [1.54, 1.807) is 29.2 Å². The molecule has 1 N–H and O–H groups in total. The number of aliphatic hydroxyl groups excluding tert-OH is 1. The molecule has 26 heavy (non-hydrogen) atoms. The van der Waals surface area contributed by atoms with Gasteiger partial charge in [-0.25, -0.2) is 4.98 Å². The predicted molar refractivity (Wildman–Crippen MR) is 86.8 cm³/mol. The van der Waals surface area contributed by atoms with Gasteiger partial charge in [-0.05, 0) is 11.6 Å². The lowest BCUT2D eigenvalue weighted by Gasteiger charge is -2.26. The zero-order valence-electron chi connectivity index (χ0n) is 13.8. The number of amides is 1. The van der Waals surface area contributed by atoms with Crippen molar-refractivity contribution >= 4 is 5.91 Å². The number of carbonyl (C=O) groups excluding carboxylic acids is 1. The highest BCUT2D eigenvalue weighted by atomic mass is 19.4. The molecule has 0 radical (unpaired) electrons. The lowest BCUT2D eigenvalue weighted by atomic mass is 10.0. The number of pyridine rings is 1. The Hall–Kier alpha value is -2.45. The molecule has 3 rings (SSSR count). The summed E-state index contributed by atoms with van der Waals surface area (Å²) in [6.07, 6.45) is -4.56. The molecule has 2 heterocycles. The minimum Gasteiger partial charge on any atom is -0.392 e. The molecule has 1 saturated heterocycles. The Kier molecular flexibility index (Phi) is 5.24. The lowest BCUT2D eigenvalue weighted by molar-refractivity contribution is -0.143. The van der Waals surface area contributed by atoms with Gasteiger partial charge in [0.25, 0.3) is 0 Å². The Bertz CT molecular complexity index is 791. The van der Waals surface area contributed by atoms with E-state index in [0.29, 0.717) is 30.8 Å². The molecule has 1 aromatic carbocycles.